The Bertz CT molecular complexity index is 494. The summed E-state index contributed by atoms with van der Waals surface area (Å²) in [6.07, 6.45) is 0.233. The molecule has 1 atom stereocenters. The third kappa shape index (κ3) is 5.27. The fourth-order valence-electron chi connectivity index (χ4n) is 1.53. The number of amides is 3. The van der Waals surface area contributed by atoms with Crippen molar-refractivity contribution >= 4 is 23.3 Å². The molecule has 0 radical (unpaired) electrons. The van der Waals surface area contributed by atoms with Gasteiger partial charge in [0.25, 0.3) is 0 Å². The van der Waals surface area contributed by atoms with Gasteiger partial charge in [-0.25, -0.2) is 4.79 Å². The van der Waals surface area contributed by atoms with E-state index < -0.39 is 6.03 Å². The highest BCUT2D eigenvalue weighted by Crippen LogP contribution is 2.21. The number of carbonyl (C=O) groups excluding carboxylic acids is 2. The van der Waals surface area contributed by atoms with E-state index in [4.69, 9.17) is 11.5 Å². The van der Waals surface area contributed by atoms with Gasteiger partial charge in [0, 0.05) is 23.8 Å². The average Bonchev–Trinajstić information content (AvgIpc) is 2.26. The lowest BCUT2D eigenvalue weighted by Crippen LogP contribution is -2.38. The van der Waals surface area contributed by atoms with E-state index in [1.165, 1.54) is 0 Å². The van der Waals surface area contributed by atoms with Crippen molar-refractivity contribution in [3.8, 4) is 0 Å². The minimum atomic E-state index is -0.650. The Labute approximate surface area is 118 Å². The summed E-state index contributed by atoms with van der Waals surface area (Å²) in [7, 11) is 0. The van der Waals surface area contributed by atoms with Gasteiger partial charge in [-0.1, -0.05) is 26.8 Å². The molecule has 6 nitrogen and oxygen atoms in total. The van der Waals surface area contributed by atoms with Crippen molar-refractivity contribution in [3.63, 3.8) is 0 Å². The first-order valence-electron chi connectivity index (χ1n) is 6.40. The van der Waals surface area contributed by atoms with Crippen LogP contribution in [-0.4, -0.2) is 18.0 Å². The minimum absolute atomic E-state index is 0.132. The first-order chi connectivity index (χ1) is 9.18. The second-order valence-corrected chi connectivity index (χ2v) is 5.79. The number of carbonyl (C=O) groups is 2. The number of nitrogens with two attached hydrogens (primary N) is 2. The molecule has 0 aromatic heterocycles. The Balaban J connectivity index is 2.64. The van der Waals surface area contributed by atoms with Gasteiger partial charge in [0.1, 0.15) is 0 Å². The van der Waals surface area contributed by atoms with Gasteiger partial charge < -0.3 is 22.1 Å². The van der Waals surface area contributed by atoms with Crippen molar-refractivity contribution in [2.45, 2.75) is 33.2 Å². The van der Waals surface area contributed by atoms with Gasteiger partial charge >= 0.3 is 6.03 Å². The van der Waals surface area contributed by atoms with Gasteiger partial charge in [-0.15, -0.1) is 0 Å². The Hall–Kier alpha value is -2.08. The maximum atomic E-state index is 11.9. The molecule has 0 heterocycles. The topological polar surface area (TPSA) is 110 Å². The van der Waals surface area contributed by atoms with Crippen LogP contribution < -0.4 is 22.1 Å². The normalized spacial score (nSPS) is 12.6. The van der Waals surface area contributed by atoms with Crippen LogP contribution in [0.1, 0.15) is 27.2 Å². The standard InChI is InChI=1S/C14H22N4O2/c1-14(2,3)11(15)8-12(19)17-9-5-4-6-10(7-9)18-13(16)20/h4-7,11H,8,15H2,1-3H3,(H,17,19)(H3,16,18,20). The molecule has 1 aromatic rings. The zero-order valence-corrected chi connectivity index (χ0v) is 12.1. The number of hydrogen-bond acceptors (Lipinski definition) is 3. The Morgan fingerprint density at radius 3 is 2.25 bits per heavy atom. The fourth-order valence-corrected chi connectivity index (χ4v) is 1.53. The van der Waals surface area contributed by atoms with Gasteiger partial charge in [-0.2, -0.15) is 0 Å². The Kier molecular flexibility index (Phi) is 5.10. The number of primary amides is 1. The summed E-state index contributed by atoms with van der Waals surface area (Å²) >= 11 is 0. The quantitative estimate of drug-likeness (QED) is 0.674. The number of nitrogens with one attached hydrogen (secondary N) is 2. The van der Waals surface area contributed by atoms with Gasteiger partial charge in [0.15, 0.2) is 0 Å². The average molecular weight is 278 g/mol. The Morgan fingerprint density at radius 2 is 1.75 bits per heavy atom. The highest BCUT2D eigenvalue weighted by molar-refractivity contribution is 5.93. The zero-order valence-electron chi connectivity index (χ0n) is 12.1. The van der Waals surface area contributed by atoms with Crippen LogP contribution in [0.5, 0.6) is 0 Å². The van der Waals surface area contributed by atoms with Gasteiger partial charge in [0.05, 0.1) is 0 Å². The van der Waals surface area contributed by atoms with Crippen molar-refractivity contribution in [2.24, 2.45) is 16.9 Å². The van der Waals surface area contributed by atoms with E-state index in [-0.39, 0.29) is 23.8 Å². The molecule has 0 aliphatic carbocycles. The molecule has 110 valence electrons. The van der Waals surface area contributed by atoms with E-state index in [2.05, 4.69) is 10.6 Å². The second kappa shape index (κ2) is 6.38. The molecule has 3 amide bonds. The molecule has 0 aliphatic heterocycles. The van der Waals surface area contributed by atoms with Crippen molar-refractivity contribution in [1.82, 2.24) is 0 Å². The molecule has 0 bridgehead atoms. The second-order valence-electron chi connectivity index (χ2n) is 5.79. The predicted molar refractivity (Wildman–Crippen MR) is 80.3 cm³/mol. The molecule has 1 aromatic carbocycles. The first kappa shape index (κ1) is 16.0. The lowest BCUT2D eigenvalue weighted by atomic mass is 9.85. The molecule has 6 N–H and O–H groups in total. The molecule has 20 heavy (non-hydrogen) atoms. The minimum Gasteiger partial charge on any atom is -0.351 e. The van der Waals surface area contributed by atoms with Crippen LogP contribution in [-0.2, 0) is 4.79 Å². The van der Waals surface area contributed by atoms with Crippen LogP contribution in [0.15, 0.2) is 24.3 Å². The molecule has 0 spiro atoms. The van der Waals surface area contributed by atoms with E-state index in [1.807, 2.05) is 20.8 Å². The third-order valence-electron chi connectivity index (χ3n) is 2.93. The molecule has 0 saturated carbocycles. The molecule has 1 unspecified atom stereocenters. The van der Waals surface area contributed by atoms with Crippen molar-refractivity contribution in [3.05, 3.63) is 24.3 Å². The largest absolute Gasteiger partial charge is 0.351 e. The van der Waals surface area contributed by atoms with Crippen LogP contribution >= 0.6 is 0 Å². The van der Waals surface area contributed by atoms with E-state index >= 15 is 0 Å². The van der Waals surface area contributed by atoms with Gasteiger partial charge in [0.2, 0.25) is 5.91 Å². The zero-order chi connectivity index (χ0) is 15.3. The maximum absolute atomic E-state index is 11.9. The van der Waals surface area contributed by atoms with E-state index in [9.17, 15) is 9.59 Å². The number of benzene rings is 1. The molecule has 1 rings (SSSR count). The van der Waals surface area contributed by atoms with Crippen LogP contribution in [0, 0.1) is 5.41 Å². The summed E-state index contributed by atoms with van der Waals surface area (Å²) in [5.74, 6) is -0.163. The number of anilines is 2. The molecule has 0 fully saturated rings. The first-order valence-corrected chi connectivity index (χ1v) is 6.40. The van der Waals surface area contributed by atoms with E-state index in [0.29, 0.717) is 11.4 Å². The number of rotatable bonds is 4. The molecule has 0 aliphatic rings. The van der Waals surface area contributed by atoms with Crippen LogP contribution in [0.3, 0.4) is 0 Å². The van der Waals surface area contributed by atoms with Crippen molar-refractivity contribution in [2.75, 3.05) is 10.6 Å². The molecular formula is C14H22N4O2. The summed E-state index contributed by atoms with van der Waals surface area (Å²) in [6.45, 7) is 5.97. The summed E-state index contributed by atoms with van der Waals surface area (Å²) in [5, 5.41) is 5.19. The molecular weight excluding hydrogens is 256 g/mol. The summed E-state index contributed by atoms with van der Waals surface area (Å²) in [5.41, 5.74) is 12.0. The highest BCUT2D eigenvalue weighted by atomic mass is 16.2. The van der Waals surface area contributed by atoms with Crippen molar-refractivity contribution in [1.29, 1.82) is 0 Å². The van der Waals surface area contributed by atoms with Crippen molar-refractivity contribution < 1.29 is 9.59 Å². The Morgan fingerprint density at radius 1 is 1.20 bits per heavy atom. The van der Waals surface area contributed by atoms with Crippen LogP contribution in [0.4, 0.5) is 16.2 Å². The highest BCUT2D eigenvalue weighted by Gasteiger charge is 2.23. The van der Waals surface area contributed by atoms with Gasteiger partial charge in [-0.05, 0) is 23.6 Å². The maximum Gasteiger partial charge on any atom is 0.316 e. The summed E-state index contributed by atoms with van der Waals surface area (Å²) in [6, 6.07) is 5.88. The van der Waals surface area contributed by atoms with Crippen LogP contribution in [0.25, 0.3) is 0 Å². The van der Waals surface area contributed by atoms with E-state index in [1.54, 1.807) is 24.3 Å². The monoisotopic (exact) mass is 278 g/mol. The number of hydrogen-bond donors (Lipinski definition) is 4. The van der Waals surface area contributed by atoms with Crippen LogP contribution in [0.2, 0.25) is 0 Å². The summed E-state index contributed by atoms with van der Waals surface area (Å²) in [4.78, 5) is 22.7. The fraction of sp³-hybridized carbons (Fsp3) is 0.429. The summed E-state index contributed by atoms with van der Waals surface area (Å²) < 4.78 is 0. The number of urea groups is 1. The van der Waals surface area contributed by atoms with Gasteiger partial charge in [-0.3, -0.25) is 4.79 Å². The smallest absolute Gasteiger partial charge is 0.316 e. The lowest BCUT2D eigenvalue weighted by molar-refractivity contribution is -0.117. The third-order valence-corrected chi connectivity index (χ3v) is 2.93. The van der Waals surface area contributed by atoms with E-state index in [0.717, 1.165) is 0 Å². The molecule has 6 heteroatoms. The predicted octanol–water partition coefficient (Wildman–Crippen LogP) is 1.88. The molecule has 0 saturated heterocycles. The lowest BCUT2D eigenvalue weighted by Gasteiger charge is -2.26. The SMILES string of the molecule is CC(C)(C)C(N)CC(=O)Nc1cccc(NC(N)=O)c1.